The number of urea groups is 1. The van der Waals surface area contributed by atoms with E-state index < -0.39 is 23.8 Å². The van der Waals surface area contributed by atoms with Crippen molar-refractivity contribution in [3.63, 3.8) is 0 Å². The molecular formula is C28H32N6O4. The second-order valence-electron chi connectivity index (χ2n) is 10.6. The average Bonchev–Trinajstić information content (AvgIpc) is 3.37. The Hall–Kier alpha value is -3.76. The normalized spacial score (nSPS) is 30.4. The second kappa shape index (κ2) is 9.52. The number of aliphatic hydroxyl groups is 1. The van der Waals surface area contributed by atoms with Crippen molar-refractivity contribution in [1.29, 1.82) is 0 Å². The van der Waals surface area contributed by atoms with Gasteiger partial charge in [-0.05, 0) is 49.8 Å². The molecule has 0 spiro atoms. The van der Waals surface area contributed by atoms with Gasteiger partial charge in [-0.2, -0.15) is 0 Å². The van der Waals surface area contributed by atoms with Crippen LogP contribution in [0, 0.1) is 0 Å². The van der Waals surface area contributed by atoms with Gasteiger partial charge in [0, 0.05) is 31.6 Å². The van der Waals surface area contributed by atoms with Crippen LogP contribution in [-0.4, -0.2) is 75.7 Å². The molecule has 3 fully saturated rings. The van der Waals surface area contributed by atoms with Crippen molar-refractivity contribution in [3.05, 3.63) is 60.2 Å². The maximum Gasteiger partial charge on any atom is 0.330 e. The highest BCUT2D eigenvalue weighted by molar-refractivity contribution is 6.12. The van der Waals surface area contributed by atoms with Gasteiger partial charge in [-0.1, -0.05) is 42.5 Å². The van der Waals surface area contributed by atoms with Crippen LogP contribution in [0.2, 0.25) is 0 Å². The Balaban J connectivity index is 1.27. The predicted octanol–water partition coefficient (Wildman–Crippen LogP) is 2.30. The quantitative estimate of drug-likeness (QED) is 0.543. The molecule has 2 aromatic rings. The first-order chi connectivity index (χ1) is 18.3. The summed E-state index contributed by atoms with van der Waals surface area (Å²) in [5.41, 5.74) is -0.0313. The molecule has 4 amide bonds. The molecule has 4 atom stereocenters. The van der Waals surface area contributed by atoms with Crippen molar-refractivity contribution < 1.29 is 19.5 Å². The van der Waals surface area contributed by atoms with E-state index in [0.717, 1.165) is 38.6 Å². The van der Waals surface area contributed by atoms with Gasteiger partial charge in [0.1, 0.15) is 0 Å². The van der Waals surface area contributed by atoms with Crippen LogP contribution in [0.15, 0.2) is 59.6 Å². The molecule has 6 rings (SSSR count). The second-order valence-corrected chi connectivity index (χ2v) is 10.6. The Morgan fingerprint density at radius 1 is 1.05 bits per heavy atom. The first-order valence-corrected chi connectivity index (χ1v) is 13.2. The fourth-order valence-corrected chi connectivity index (χ4v) is 6.61. The highest BCUT2D eigenvalue weighted by Gasteiger charge is 2.61. The molecule has 2 aromatic carbocycles. The topological polar surface area (TPSA) is 118 Å². The lowest BCUT2D eigenvalue weighted by molar-refractivity contribution is -0.144. The molecule has 4 heterocycles. The average molecular weight is 517 g/mol. The minimum Gasteiger partial charge on any atom is -0.359 e. The highest BCUT2D eigenvalue weighted by atomic mass is 16.3. The first-order valence-electron chi connectivity index (χ1n) is 13.2. The standard InChI is InChI=1S/C28H32N6O4/c1-18(35)30-23-9-5-6-10-24(23)34-26-28(38,25(36)31-27(34)37)29-17-33(26)22-15-20-11-12-21(16-22)32(20)14-13-19-7-3-2-4-8-19/h2-10,17,20-22,26,38H,11-16H2,1H3,(H,30,35)(H,31,36,37). The van der Waals surface area contributed by atoms with Crippen LogP contribution in [0.3, 0.4) is 0 Å². The van der Waals surface area contributed by atoms with Gasteiger partial charge in [-0.15, -0.1) is 0 Å². The van der Waals surface area contributed by atoms with E-state index >= 15 is 0 Å². The van der Waals surface area contributed by atoms with E-state index in [1.165, 1.54) is 23.7 Å². The number of hydrogen-bond donors (Lipinski definition) is 3. The van der Waals surface area contributed by atoms with E-state index in [4.69, 9.17) is 0 Å². The fraction of sp³-hybridized carbons (Fsp3) is 0.429. The maximum absolute atomic E-state index is 13.2. The van der Waals surface area contributed by atoms with Gasteiger partial charge in [0.25, 0.3) is 11.6 Å². The number of para-hydroxylation sites is 2. The zero-order chi connectivity index (χ0) is 26.4. The van der Waals surface area contributed by atoms with E-state index in [-0.39, 0.29) is 11.9 Å². The number of piperidine rings is 1. The van der Waals surface area contributed by atoms with Crippen LogP contribution in [0.5, 0.6) is 0 Å². The van der Waals surface area contributed by atoms with Crippen LogP contribution in [0.25, 0.3) is 0 Å². The third-order valence-electron chi connectivity index (χ3n) is 8.31. The minimum atomic E-state index is -2.15. The lowest BCUT2D eigenvalue weighted by Gasteiger charge is -2.49. The van der Waals surface area contributed by atoms with E-state index in [1.54, 1.807) is 24.3 Å². The molecule has 3 N–H and O–H groups in total. The fourth-order valence-electron chi connectivity index (χ4n) is 6.61. The Kier molecular flexibility index (Phi) is 6.16. The molecule has 0 radical (unpaired) electrons. The molecule has 2 bridgehead atoms. The van der Waals surface area contributed by atoms with Crippen LogP contribution in [-0.2, 0) is 16.0 Å². The van der Waals surface area contributed by atoms with Gasteiger partial charge in [0.15, 0.2) is 6.17 Å². The minimum absolute atomic E-state index is 0.00243. The van der Waals surface area contributed by atoms with Crippen LogP contribution >= 0.6 is 0 Å². The number of hydrogen-bond acceptors (Lipinski definition) is 7. The summed E-state index contributed by atoms with van der Waals surface area (Å²) in [7, 11) is 0. The Morgan fingerprint density at radius 3 is 2.45 bits per heavy atom. The summed E-state index contributed by atoms with van der Waals surface area (Å²) >= 11 is 0. The number of aliphatic imine (C=N–C) groups is 1. The van der Waals surface area contributed by atoms with E-state index in [0.29, 0.717) is 23.5 Å². The summed E-state index contributed by atoms with van der Waals surface area (Å²) in [5, 5.41) is 16.5. The number of nitrogens with one attached hydrogen (secondary N) is 2. The highest BCUT2D eigenvalue weighted by Crippen LogP contribution is 2.43. The Morgan fingerprint density at radius 2 is 1.74 bits per heavy atom. The number of amides is 4. The number of rotatable bonds is 6. The molecule has 0 saturated carbocycles. The van der Waals surface area contributed by atoms with Gasteiger partial charge in [-0.3, -0.25) is 24.7 Å². The number of carbonyl (C=O) groups is 3. The third kappa shape index (κ3) is 4.13. The van der Waals surface area contributed by atoms with Crippen molar-refractivity contribution in [2.75, 3.05) is 16.8 Å². The molecule has 0 aromatic heterocycles. The summed E-state index contributed by atoms with van der Waals surface area (Å²) in [5.74, 6) is -1.14. The zero-order valence-electron chi connectivity index (χ0n) is 21.3. The van der Waals surface area contributed by atoms with Gasteiger partial charge >= 0.3 is 6.03 Å². The van der Waals surface area contributed by atoms with Gasteiger partial charge in [0.05, 0.1) is 17.7 Å². The summed E-state index contributed by atoms with van der Waals surface area (Å²) in [6.45, 7) is 2.38. The molecule has 10 heteroatoms. The van der Waals surface area contributed by atoms with Crippen molar-refractivity contribution >= 4 is 35.6 Å². The first kappa shape index (κ1) is 24.6. The van der Waals surface area contributed by atoms with Gasteiger partial charge in [-0.25, -0.2) is 9.79 Å². The number of carbonyl (C=O) groups excluding carboxylic acids is 3. The third-order valence-corrected chi connectivity index (χ3v) is 8.31. The number of anilines is 2. The van der Waals surface area contributed by atoms with E-state index in [1.807, 2.05) is 11.0 Å². The SMILES string of the molecule is CC(=O)Nc1ccccc1N1C(=O)NC(=O)C2(O)N=CN(C3CC4CCC(C3)N4CCc3ccccc3)C12. The predicted molar refractivity (Wildman–Crippen MR) is 143 cm³/mol. The smallest absolute Gasteiger partial charge is 0.330 e. The monoisotopic (exact) mass is 516 g/mol. The van der Waals surface area contributed by atoms with Gasteiger partial charge < -0.3 is 15.3 Å². The largest absolute Gasteiger partial charge is 0.359 e. The van der Waals surface area contributed by atoms with Crippen molar-refractivity contribution in [2.24, 2.45) is 4.99 Å². The molecule has 198 valence electrons. The molecule has 3 saturated heterocycles. The summed E-state index contributed by atoms with van der Waals surface area (Å²) in [6, 6.07) is 17.5. The molecule has 4 unspecified atom stereocenters. The molecular weight excluding hydrogens is 484 g/mol. The van der Waals surface area contributed by atoms with Crippen molar-refractivity contribution in [1.82, 2.24) is 15.1 Å². The Bertz CT molecular complexity index is 1270. The summed E-state index contributed by atoms with van der Waals surface area (Å²) in [6.07, 6.45) is 5.37. The van der Waals surface area contributed by atoms with E-state index in [9.17, 15) is 19.5 Å². The van der Waals surface area contributed by atoms with Crippen LogP contribution < -0.4 is 15.5 Å². The van der Waals surface area contributed by atoms with Crippen molar-refractivity contribution in [3.8, 4) is 0 Å². The van der Waals surface area contributed by atoms with E-state index in [2.05, 4.69) is 44.8 Å². The Labute approximate surface area is 221 Å². The molecule has 38 heavy (non-hydrogen) atoms. The lowest BCUT2D eigenvalue weighted by Crippen LogP contribution is -2.73. The number of benzene rings is 2. The number of nitrogens with zero attached hydrogens (tertiary/aromatic N) is 4. The molecule has 0 aliphatic carbocycles. The molecule has 10 nitrogen and oxygen atoms in total. The summed E-state index contributed by atoms with van der Waals surface area (Å²) < 4.78 is 0. The maximum atomic E-state index is 13.2. The molecule has 4 aliphatic rings. The van der Waals surface area contributed by atoms with Gasteiger partial charge in [0.2, 0.25) is 5.91 Å². The van der Waals surface area contributed by atoms with Crippen LogP contribution in [0.4, 0.5) is 16.2 Å². The number of imide groups is 1. The lowest BCUT2D eigenvalue weighted by atomic mass is 9.93. The number of fused-ring (bicyclic) bond motifs is 3. The van der Waals surface area contributed by atoms with Crippen LogP contribution in [0.1, 0.15) is 38.2 Å². The zero-order valence-corrected chi connectivity index (χ0v) is 21.3. The summed E-state index contributed by atoms with van der Waals surface area (Å²) in [4.78, 5) is 48.1. The molecule has 4 aliphatic heterocycles. The van der Waals surface area contributed by atoms with Crippen molar-refractivity contribution in [2.45, 2.75) is 69.0 Å².